The van der Waals surface area contributed by atoms with Gasteiger partial charge in [-0.1, -0.05) is 25.1 Å². The summed E-state index contributed by atoms with van der Waals surface area (Å²) in [4.78, 5) is 14.6. The Morgan fingerprint density at radius 2 is 1.82 bits per heavy atom. The Morgan fingerprint density at radius 1 is 1.18 bits per heavy atom. The van der Waals surface area contributed by atoms with Crippen molar-refractivity contribution in [3.05, 3.63) is 59.7 Å². The molecule has 8 heteroatoms. The molecular weight excluding hydrogens is 398 g/mol. The maximum Gasteiger partial charge on any atom is 0.261 e. The summed E-state index contributed by atoms with van der Waals surface area (Å²) >= 11 is 0. The van der Waals surface area contributed by atoms with Gasteiger partial charge in [0.1, 0.15) is 0 Å². The standard InChI is InChI=1S/C20H25N3O3S.ClH/c1-15-5-3-4-6-18(15)22-27(25,26)17-9-7-16(8-10-17)19(24)23-12-11-20(2,13-21)14-23;/h3-10,22H,11-14,21H2,1-2H3;1H. The number of para-hydroxylation sites is 1. The average molecular weight is 424 g/mol. The largest absolute Gasteiger partial charge is 0.338 e. The van der Waals surface area contributed by atoms with Gasteiger partial charge >= 0.3 is 0 Å². The minimum atomic E-state index is -3.71. The molecule has 6 nitrogen and oxygen atoms in total. The van der Waals surface area contributed by atoms with E-state index < -0.39 is 10.0 Å². The van der Waals surface area contributed by atoms with E-state index in [1.807, 2.05) is 19.1 Å². The zero-order valence-corrected chi connectivity index (χ0v) is 17.6. The summed E-state index contributed by atoms with van der Waals surface area (Å²) in [6.45, 7) is 5.75. The normalized spacial score (nSPS) is 19.2. The fourth-order valence-corrected chi connectivity index (χ4v) is 4.34. The highest BCUT2D eigenvalue weighted by Gasteiger charge is 2.35. The van der Waals surface area contributed by atoms with Gasteiger partial charge < -0.3 is 10.6 Å². The first-order valence-corrected chi connectivity index (χ1v) is 10.4. The Balaban J connectivity index is 0.00000280. The third kappa shape index (κ3) is 4.66. The van der Waals surface area contributed by atoms with Crippen molar-refractivity contribution in [1.82, 2.24) is 4.90 Å². The lowest BCUT2D eigenvalue weighted by Crippen LogP contribution is -2.34. The van der Waals surface area contributed by atoms with Crippen LogP contribution in [0.1, 0.15) is 29.3 Å². The Morgan fingerprint density at radius 3 is 2.39 bits per heavy atom. The number of carbonyl (C=O) groups is 1. The molecule has 1 heterocycles. The van der Waals surface area contributed by atoms with Crippen LogP contribution in [0, 0.1) is 12.3 Å². The lowest BCUT2D eigenvalue weighted by molar-refractivity contribution is 0.0777. The van der Waals surface area contributed by atoms with E-state index in [1.54, 1.807) is 29.2 Å². The van der Waals surface area contributed by atoms with E-state index in [2.05, 4.69) is 11.6 Å². The van der Waals surface area contributed by atoms with Gasteiger partial charge in [0.15, 0.2) is 0 Å². The van der Waals surface area contributed by atoms with Gasteiger partial charge in [-0.3, -0.25) is 9.52 Å². The molecule has 1 unspecified atom stereocenters. The number of hydrogen-bond donors (Lipinski definition) is 2. The smallest absolute Gasteiger partial charge is 0.261 e. The molecule has 0 saturated carbocycles. The predicted molar refractivity (Wildman–Crippen MR) is 113 cm³/mol. The van der Waals surface area contributed by atoms with Crippen molar-refractivity contribution in [2.45, 2.75) is 25.2 Å². The molecule has 2 aromatic carbocycles. The second-order valence-electron chi connectivity index (χ2n) is 7.44. The maximum absolute atomic E-state index is 12.7. The van der Waals surface area contributed by atoms with E-state index in [0.717, 1.165) is 12.0 Å². The Labute approximate surface area is 172 Å². The number of rotatable bonds is 5. The SMILES string of the molecule is Cc1ccccc1NS(=O)(=O)c1ccc(C(=O)N2CCC(C)(CN)C2)cc1.Cl. The average Bonchev–Trinajstić information content (AvgIpc) is 3.06. The topological polar surface area (TPSA) is 92.5 Å². The Hall–Kier alpha value is -2.09. The molecule has 28 heavy (non-hydrogen) atoms. The summed E-state index contributed by atoms with van der Waals surface area (Å²) in [5, 5.41) is 0. The van der Waals surface area contributed by atoms with E-state index in [0.29, 0.717) is 30.9 Å². The molecular formula is C20H26ClN3O3S. The predicted octanol–water partition coefficient (Wildman–Crippen LogP) is 3.03. The first kappa shape index (κ1) is 22.2. The minimum absolute atomic E-state index is 0. The zero-order valence-electron chi connectivity index (χ0n) is 16.0. The summed E-state index contributed by atoms with van der Waals surface area (Å²) in [6, 6.07) is 13.2. The van der Waals surface area contributed by atoms with Gasteiger partial charge in [0, 0.05) is 18.7 Å². The highest BCUT2D eigenvalue weighted by molar-refractivity contribution is 7.92. The summed E-state index contributed by atoms with van der Waals surface area (Å²) in [7, 11) is -3.71. The van der Waals surface area contributed by atoms with Crippen LogP contribution in [0.2, 0.25) is 0 Å². The van der Waals surface area contributed by atoms with Crippen LogP contribution >= 0.6 is 12.4 Å². The lowest BCUT2D eigenvalue weighted by atomic mass is 9.90. The molecule has 3 N–H and O–H groups in total. The number of nitrogens with one attached hydrogen (secondary N) is 1. The van der Waals surface area contributed by atoms with Gasteiger partial charge in [0.25, 0.3) is 15.9 Å². The van der Waals surface area contributed by atoms with Crippen molar-refractivity contribution in [2.24, 2.45) is 11.1 Å². The Kier molecular flexibility index (Phi) is 6.75. The number of amides is 1. The van der Waals surface area contributed by atoms with Gasteiger partial charge in [0.05, 0.1) is 10.6 Å². The minimum Gasteiger partial charge on any atom is -0.338 e. The van der Waals surface area contributed by atoms with Crippen LogP contribution < -0.4 is 10.5 Å². The maximum atomic E-state index is 12.7. The lowest BCUT2D eigenvalue weighted by Gasteiger charge is -2.22. The molecule has 3 rings (SSSR count). The number of sulfonamides is 1. The van der Waals surface area contributed by atoms with Gasteiger partial charge in [-0.15, -0.1) is 12.4 Å². The fourth-order valence-electron chi connectivity index (χ4n) is 3.21. The summed E-state index contributed by atoms with van der Waals surface area (Å²) in [5.41, 5.74) is 7.61. The summed E-state index contributed by atoms with van der Waals surface area (Å²) in [6.07, 6.45) is 0.877. The van der Waals surface area contributed by atoms with E-state index in [9.17, 15) is 13.2 Å². The van der Waals surface area contributed by atoms with E-state index in [4.69, 9.17) is 5.73 Å². The molecule has 0 aliphatic carbocycles. The molecule has 1 atom stereocenters. The molecule has 1 aliphatic rings. The van der Waals surface area contributed by atoms with Crippen LogP contribution in [0.3, 0.4) is 0 Å². The Bertz CT molecular complexity index is 947. The molecule has 0 aromatic heterocycles. The monoisotopic (exact) mass is 423 g/mol. The van der Waals surface area contributed by atoms with E-state index >= 15 is 0 Å². The summed E-state index contributed by atoms with van der Waals surface area (Å²) in [5.74, 6) is -0.0945. The molecule has 2 aromatic rings. The second-order valence-corrected chi connectivity index (χ2v) is 9.12. The number of nitrogens with two attached hydrogens (primary N) is 1. The number of hydrogen-bond acceptors (Lipinski definition) is 4. The quantitative estimate of drug-likeness (QED) is 0.773. The van der Waals surface area contributed by atoms with E-state index in [1.165, 1.54) is 12.1 Å². The molecule has 0 radical (unpaired) electrons. The first-order chi connectivity index (χ1) is 12.7. The van der Waals surface area contributed by atoms with Crippen molar-refractivity contribution >= 4 is 34.0 Å². The molecule has 152 valence electrons. The second kappa shape index (κ2) is 8.51. The van der Waals surface area contributed by atoms with Gasteiger partial charge in [-0.2, -0.15) is 0 Å². The van der Waals surface area contributed by atoms with Gasteiger partial charge in [0.2, 0.25) is 0 Å². The molecule has 0 spiro atoms. The number of likely N-dealkylation sites (tertiary alicyclic amines) is 1. The van der Waals surface area contributed by atoms with Crippen molar-refractivity contribution in [2.75, 3.05) is 24.4 Å². The summed E-state index contributed by atoms with van der Waals surface area (Å²) < 4.78 is 27.8. The fraction of sp³-hybridized carbons (Fsp3) is 0.350. The van der Waals surface area contributed by atoms with Crippen molar-refractivity contribution in [3.8, 4) is 0 Å². The van der Waals surface area contributed by atoms with Crippen molar-refractivity contribution in [3.63, 3.8) is 0 Å². The number of anilines is 1. The number of carbonyl (C=O) groups excluding carboxylic acids is 1. The molecule has 1 fully saturated rings. The number of aryl methyl sites for hydroxylation is 1. The van der Waals surface area contributed by atoms with Crippen LogP contribution in [0.15, 0.2) is 53.4 Å². The number of benzene rings is 2. The van der Waals surface area contributed by atoms with Crippen molar-refractivity contribution in [1.29, 1.82) is 0 Å². The van der Waals surface area contributed by atoms with Crippen LogP contribution in [-0.4, -0.2) is 38.9 Å². The van der Waals surface area contributed by atoms with Crippen LogP contribution in [0.25, 0.3) is 0 Å². The van der Waals surface area contributed by atoms with Gasteiger partial charge in [-0.25, -0.2) is 8.42 Å². The molecule has 1 amide bonds. The van der Waals surface area contributed by atoms with Crippen LogP contribution in [-0.2, 0) is 10.0 Å². The highest BCUT2D eigenvalue weighted by Crippen LogP contribution is 2.29. The van der Waals surface area contributed by atoms with Gasteiger partial charge in [-0.05, 0) is 61.2 Å². The van der Waals surface area contributed by atoms with E-state index in [-0.39, 0.29) is 28.6 Å². The number of halogens is 1. The molecule has 1 aliphatic heterocycles. The number of nitrogens with zero attached hydrogens (tertiary/aromatic N) is 1. The molecule has 1 saturated heterocycles. The molecule has 0 bridgehead atoms. The first-order valence-electron chi connectivity index (χ1n) is 8.92. The highest BCUT2D eigenvalue weighted by atomic mass is 35.5. The zero-order chi connectivity index (χ0) is 19.7. The third-order valence-corrected chi connectivity index (χ3v) is 6.52. The van der Waals surface area contributed by atoms with Crippen LogP contribution in [0.4, 0.5) is 5.69 Å². The van der Waals surface area contributed by atoms with Crippen LogP contribution in [0.5, 0.6) is 0 Å². The third-order valence-electron chi connectivity index (χ3n) is 5.14. The van der Waals surface area contributed by atoms with Crippen molar-refractivity contribution < 1.29 is 13.2 Å².